The van der Waals surface area contributed by atoms with E-state index in [0.717, 1.165) is 0 Å². The van der Waals surface area contributed by atoms with Gasteiger partial charge in [-0.2, -0.15) is 0 Å². The number of ether oxygens (including phenoxy) is 1. The third-order valence-corrected chi connectivity index (χ3v) is 1.89. The summed E-state index contributed by atoms with van der Waals surface area (Å²) in [4.78, 5) is 17.2. The number of nitrogens with one attached hydrogen (secondary N) is 1. The molecule has 0 unspecified atom stereocenters. The van der Waals surface area contributed by atoms with Gasteiger partial charge in [0.1, 0.15) is 5.75 Å². The van der Waals surface area contributed by atoms with E-state index in [-0.39, 0.29) is 5.82 Å². The first kappa shape index (κ1) is 8.55. The maximum atomic E-state index is 10.6. The molecule has 5 nitrogen and oxygen atoms in total. The summed E-state index contributed by atoms with van der Waals surface area (Å²) in [5.41, 5.74) is 1.27. The van der Waals surface area contributed by atoms with Gasteiger partial charge in [-0.1, -0.05) is 0 Å². The normalized spacial score (nSPS) is 10.4. The number of carboxylic acids is 1. The second-order valence-electron chi connectivity index (χ2n) is 2.77. The van der Waals surface area contributed by atoms with Gasteiger partial charge < -0.3 is 14.8 Å². The van der Waals surface area contributed by atoms with E-state index < -0.39 is 5.97 Å². The molecule has 5 heteroatoms. The van der Waals surface area contributed by atoms with Crippen LogP contribution in [0.5, 0.6) is 5.75 Å². The zero-order valence-electron chi connectivity index (χ0n) is 7.44. The minimum absolute atomic E-state index is 0.0618. The number of aromatic nitrogens is 2. The maximum Gasteiger partial charge on any atom is 0.371 e. The van der Waals surface area contributed by atoms with Crippen LogP contribution in [0.4, 0.5) is 0 Å². The number of aromatic carboxylic acids is 1. The van der Waals surface area contributed by atoms with Crippen molar-refractivity contribution in [2.75, 3.05) is 7.11 Å². The van der Waals surface area contributed by atoms with Crippen LogP contribution in [0.1, 0.15) is 10.6 Å². The molecule has 0 aliphatic heterocycles. The summed E-state index contributed by atoms with van der Waals surface area (Å²) >= 11 is 0. The predicted molar refractivity (Wildman–Crippen MR) is 49.6 cm³/mol. The Balaban J connectivity index is 2.60. The van der Waals surface area contributed by atoms with Crippen molar-refractivity contribution in [3.05, 3.63) is 24.0 Å². The fraction of sp³-hybridized carbons (Fsp3) is 0.111. The number of benzene rings is 1. The third-order valence-electron chi connectivity index (χ3n) is 1.89. The van der Waals surface area contributed by atoms with Crippen molar-refractivity contribution in [3.63, 3.8) is 0 Å². The van der Waals surface area contributed by atoms with Gasteiger partial charge in [0.2, 0.25) is 5.82 Å². The number of carbonyl (C=O) groups is 1. The molecular formula is C9H8N2O3. The van der Waals surface area contributed by atoms with Crippen molar-refractivity contribution < 1.29 is 14.6 Å². The Kier molecular flexibility index (Phi) is 1.85. The van der Waals surface area contributed by atoms with Crippen molar-refractivity contribution in [1.29, 1.82) is 0 Å². The number of hydrogen-bond donors (Lipinski definition) is 2. The second kappa shape index (κ2) is 3.02. The number of nitrogens with zero attached hydrogens (tertiary/aromatic N) is 1. The average Bonchev–Trinajstić information content (AvgIpc) is 2.59. The van der Waals surface area contributed by atoms with Crippen molar-refractivity contribution in [2.24, 2.45) is 0 Å². The third kappa shape index (κ3) is 1.28. The number of aromatic amines is 1. The van der Waals surface area contributed by atoms with Crippen molar-refractivity contribution in [2.45, 2.75) is 0 Å². The van der Waals surface area contributed by atoms with Gasteiger partial charge in [-0.15, -0.1) is 0 Å². The van der Waals surface area contributed by atoms with Gasteiger partial charge in [0.05, 0.1) is 18.1 Å². The fourth-order valence-electron chi connectivity index (χ4n) is 1.22. The molecule has 0 spiro atoms. The zero-order chi connectivity index (χ0) is 10.1. The number of carboxylic acid groups (broad SMARTS) is 1. The van der Waals surface area contributed by atoms with Crippen LogP contribution in [0.25, 0.3) is 11.0 Å². The zero-order valence-corrected chi connectivity index (χ0v) is 7.44. The Morgan fingerprint density at radius 2 is 2.36 bits per heavy atom. The van der Waals surface area contributed by atoms with Crippen LogP contribution >= 0.6 is 0 Å². The largest absolute Gasteiger partial charge is 0.497 e. The molecule has 0 aliphatic rings. The van der Waals surface area contributed by atoms with Crippen molar-refractivity contribution in [3.8, 4) is 5.75 Å². The highest BCUT2D eigenvalue weighted by Gasteiger charge is 2.09. The molecule has 1 aromatic heterocycles. The molecule has 0 amide bonds. The summed E-state index contributed by atoms with van der Waals surface area (Å²) < 4.78 is 5.00. The van der Waals surface area contributed by atoms with Gasteiger partial charge in [-0.25, -0.2) is 9.78 Å². The summed E-state index contributed by atoms with van der Waals surface area (Å²) in [6.07, 6.45) is 0. The standard InChI is InChI=1S/C9H8N2O3/c1-14-5-2-3-6-7(4-5)11-8(10-6)9(12)13/h2-4H,1H3,(H,10,11)(H,12,13). The lowest BCUT2D eigenvalue weighted by Gasteiger charge is -1.96. The van der Waals surface area contributed by atoms with Crippen LogP contribution in [0.2, 0.25) is 0 Å². The fourth-order valence-corrected chi connectivity index (χ4v) is 1.22. The van der Waals surface area contributed by atoms with Crippen LogP contribution in [-0.4, -0.2) is 28.2 Å². The van der Waals surface area contributed by atoms with E-state index in [1.807, 2.05) is 0 Å². The SMILES string of the molecule is COc1ccc2nc(C(=O)O)[nH]c2c1. The Labute approximate surface area is 79.3 Å². The molecule has 0 bridgehead atoms. The molecule has 1 heterocycles. The van der Waals surface area contributed by atoms with E-state index in [1.54, 1.807) is 25.3 Å². The lowest BCUT2D eigenvalue weighted by molar-refractivity contribution is 0.0685. The highest BCUT2D eigenvalue weighted by atomic mass is 16.5. The Morgan fingerprint density at radius 3 is 3.00 bits per heavy atom. The van der Waals surface area contributed by atoms with Gasteiger partial charge in [0, 0.05) is 6.07 Å². The summed E-state index contributed by atoms with van der Waals surface area (Å²) in [5.74, 6) is -0.466. The van der Waals surface area contributed by atoms with Crippen molar-refractivity contribution in [1.82, 2.24) is 9.97 Å². The van der Waals surface area contributed by atoms with Crippen LogP contribution < -0.4 is 4.74 Å². The molecule has 1 aromatic carbocycles. The first-order valence-electron chi connectivity index (χ1n) is 3.98. The summed E-state index contributed by atoms with van der Waals surface area (Å²) in [5, 5.41) is 8.69. The first-order chi connectivity index (χ1) is 6.70. The molecule has 2 aromatic rings. The van der Waals surface area contributed by atoms with E-state index in [9.17, 15) is 4.79 Å². The predicted octanol–water partition coefficient (Wildman–Crippen LogP) is 1.27. The number of fused-ring (bicyclic) bond motifs is 1. The minimum atomic E-state index is -1.07. The number of imidazole rings is 1. The van der Waals surface area contributed by atoms with E-state index in [1.165, 1.54) is 0 Å². The highest BCUT2D eigenvalue weighted by Crippen LogP contribution is 2.18. The molecule has 2 N–H and O–H groups in total. The van der Waals surface area contributed by atoms with E-state index in [2.05, 4.69) is 9.97 Å². The molecule has 0 atom stereocenters. The Morgan fingerprint density at radius 1 is 1.57 bits per heavy atom. The molecule has 72 valence electrons. The molecule has 14 heavy (non-hydrogen) atoms. The lowest BCUT2D eigenvalue weighted by atomic mass is 10.3. The van der Waals surface area contributed by atoms with E-state index in [0.29, 0.717) is 16.8 Å². The van der Waals surface area contributed by atoms with Crippen molar-refractivity contribution >= 4 is 17.0 Å². The maximum absolute atomic E-state index is 10.6. The number of rotatable bonds is 2. The molecular weight excluding hydrogens is 184 g/mol. The summed E-state index contributed by atoms with van der Waals surface area (Å²) in [7, 11) is 1.55. The van der Waals surface area contributed by atoms with Gasteiger partial charge in [0.15, 0.2) is 0 Å². The molecule has 0 aliphatic carbocycles. The number of H-pyrrole nitrogens is 1. The quantitative estimate of drug-likeness (QED) is 0.751. The van der Waals surface area contributed by atoms with Gasteiger partial charge in [-0.3, -0.25) is 0 Å². The van der Waals surface area contributed by atoms with Gasteiger partial charge >= 0.3 is 5.97 Å². The van der Waals surface area contributed by atoms with Crippen LogP contribution in [0.15, 0.2) is 18.2 Å². The monoisotopic (exact) mass is 192 g/mol. The first-order valence-corrected chi connectivity index (χ1v) is 3.98. The second-order valence-corrected chi connectivity index (χ2v) is 2.77. The smallest absolute Gasteiger partial charge is 0.371 e. The van der Waals surface area contributed by atoms with Crippen LogP contribution in [0, 0.1) is 0 Å². The molecule has 2 rings (SSSR count). The Hall–Kier alpha value is -2.04. The minimum Gasteiger partial charge on any atom is -0.497 e. The number of hydrogen-bond acceptors (Lipinski definition) is 3. The van der Waals surface area contributed by atoms with Gasteiger partial charge in [-0.05, 0) is 12.1 Å². The van der Waals surface area contributed by atoms with E-state index in [4.69, 9.17) is 9.84 Å². The molecule has 0 radical (unpaired) electrons. The summed E-state index contributed by atoms with van der Waals surface area (Å²) in [6.45, 7) is 0. The van der Waals surface area contributed by atoms with Crippen LogP contribution in [0.3, 0.4) is 0 Å². The molecule has 0 saturated heterocycles. The van der Waals surface area contributed by atoms with Gasteiger partial charge in [0.25, 0.3) is 0 Å². The van der Waals surface area contributed by atoms with E-state index >= 15 is 0 Å². The van der Waals surface area contributed by atoms with Crippen LogP contribution in [-0.2, 0) is 0 Å². The Bertz CT molecular complexity index is 490. The highest BCUT2D eigenvalue weighted by molar-refractivity contribution is 5.89. The molecule has 0 saturated carbocycles. The summed E-state index contributed by atoms with van der Waals surface area (Å²) in [6, 6.07) is 5.14. The topological polar surface area (TPSA) is 75.2 Å². The average molecular weight is 192 g/mol. The molecule has 0 fully saturated rings. The number of methoxy groups -OCH3 is 1. The lowest BCUT2D eigenvalue weighted by Crippen LogP contribution is -1.97.